The highest BCUT2D eigenvalue weighted by molar-refractivity contribution is 14.1. The first-order valence-corrected chi connectivity index (χ1v) is 5.72. The van der Waals surface area contributed by atoms with Crippen LogP contribution in [0.15, 0.2) is 9.66 Å². The summed E-state index contributed by atoms with van der Waals surface area (Å²) in [6, 6.07) is 0. The molecular weight excluding hydrogens is 295 g/mol. The van der Waals surface area contributed by atoms with Crippen molar-refractivity contribution in [2.24, 2.45) is 11.8 Å². The SMILES string of the molecule is CCOC(=O)[C@@H]1C(=O)C(I)=CC[C@@H]1C. The van der Waals surface area contributed by atoms with Crippen molar-refractivity contribution < 1.29 is 14.3 Å². The van der Waals surface area contributed by atoms with Crippen molar-refractivity contribution in [3.8, 4) is 0 Å². The molecule has 0 aliphatic heterocycles. The van der Waals surface area contributed by atoms with Crippen molar-refractivity contribution in [3.63, 3.8) is 0 Å². The summed E-state index contributed by atoms with van der Waals surface area (Å²) >= 11 is 1.97. The topological polar surface area (TPSA) is 43.4 Å². The summed E-state index contributed by atoms with van der Waals surface area (Å²) in [5.41, 5.74) is 0. The molecule has 0 aromatic rings. The van der Waals surface area contributed by atoms with Gasteiger partial charge in [0.15, 0.2) is 5.78 Å². The lowest BCUT2D eigenvalue weighted by Gasteiger charge is -2.23. The van der Waals surface area contributed by atoms with E-state index in [4.69, 9.17) is 4.74 Å². The second-order valence-electron chi connectivity index (χ2n) is 3.36. The minimum absolute atomic E-state index is 0.0556. The molecule has 0 heterocycles. The number of carbonyl (C=O) groups is 2. The predicted octanol–water partition coefficient (Wildman–Crippen LogP) is 2.09. The fraction of sp³-hybridized carbons (Fsp3) is 0.600. The molecule has 1 aliphatic carbocycles. The molecule has 2 atom stereocenters. The first-order chi connectivity index (χ1) is 6.57. The van der Waals surface area contributed by atoms with E-state index < -0.39 is 5.92 Å². The number of rotatable bonds is 2. The highest BCUT2D eigenvalue weighted by Gasteiger charge is 2.36. The minimum atomic E-state index is -0.591. The van der Waals surface area contributed by atoms with Gasteiger partial charge < -0.3 is 4.74 Å². The molecule has 0 saturated carbocycles. The molecule has 0 saturated heterocycles. The Morgan fingerprint density at radius 3 is 2.93 bits per heavy atom. The third kappa shape index (κ3) is 2.34. The van der Waals surface area contributed by atoms with Crippen LogP contribution in [0, 0.1) is 11.8 Å². The quantitative estimate of drug-likeness (QED) is 0.446. The third-order valence-corrected chi connectivity index (χ3v) is 3.27. The molecular formula is C10H13IO3. The number of carbonyl (C=O) groups excluding carboxylic acids is 2. The fourth-order valence-electron chi connectivity index (χ4n) is 1.50. The van der Waals surface area contributed by atoms with Crippen molar-refractivity contribution in [1.82, 2.24) is 0 Å². The van der Waals surface area contributed by atoms with E-state index in [0.29, 0.717) is 10.2 Å². The number of ketones is 1. The Hall–Kier alpha value is -0.390. The number of hydrogen-bond acceptors (Lipinski definition) is 3. The predicted molar refractivity (Wildman–Crippen MR) is 61.0 cm³/mol. The second-order valence-corrected chi connectivity index (χ2v) is 4.52. The number of esters is 1. The van der Waals surface area contributed by atoms with Crippen molar-refractivity contribution in [3.05, 3.63) is 9.66 Å². The lowest BCUT2D eigenvalue weighted by atomic mass is 9.83. The van der Waals surface area contributed by atoms with E-state index in [1.165, 1.54) is 0 Å². The summed E-state index contributed by atoms with van der Waals surface area (Å²) in [7, 11) is 0. The van der Waals surface area contributed by atoms with E-state index >= 15 is 0 Å². The average molecular weight is 308 g/mol. The van der Waals surface area contributed by atoms with Gasteiger partial charge in [-0.15, -0.1) is 0 Å². The van der Waals surface area contributed by atoms with Crippen LogP contribution < -0.4 is 0 Å². The summed E-state index contributed by atoms with van der Waals surface area (Å²) in [6.45, 7) is 3.98. The third-order valence-electron chi connectivity index (χ3n) is 2.30. The van der Waals surface area contributed by atoms with E-state index in [2.05, 4.69) is 0 Å². The zero-order valence-electron chi connectivity index (χ0n) is 8.25. The molecule has 0 bridgehead atoms. The number of Topliss-reactive ketones (excluding diaryl/α,β-unsaturated/α-hetero) is 1. The molecule has 4 heteroatoms. The van der Waals surface area contributed by atoms with Crippen LogP contribution in [0.3, 0.4) is 0 Å². The summed E-state index contributed by atoms with van der Waals surface area (Å²) < 4.78 is 5.53. The van der Waals surface area contributed by atoms with Crippen LogP contribution in [0.4, 0.5) is 0 Å². The van der Waals surface area contributed by atoms with Crippen LogP contribution in [-0.2, 0) is 14.3 Å². The molecule has 1 aliphatic rings. The molecule has 0 amide bonds. The molecule has 0 radical (unpaired) electrons. The molecule has 14 heavy (non-hydrogen) atoms. The van der Waals surface area contributed by atoms with Gasteiger partial charge in [0.2, 0.25) is 0 Å². The average Bonchev–Trinajstić information content (AvgIpc) is 2.13. The summed E-state index contributed by atoms with van der Waals surface area (Å²) in [4.78, 5) is 23.2. The Balaban J connectivity index is 2.81. The zero-order valence-corrected chi connectivity index (χ0v) is 10.4. The Bertz CT molecular complexity index is 283. The lowest BCUT2D eigenvalue weighted by Crippen LogP contribution is -2.34. The van der Waals surface area contributed by atoms with Crippen LogP contribution in [0.5, 0.6) is 0 Å². The van der Waals surface area contributed by atoms with Crippen molar-refractivity contribution in [1.29, 1.82) is 0 Å². The fourth-order valence-corrected chi connectivity index (χ4v) is 2.09. The molecule has 0 N–H and O–H groups in total. The van der Waals surface area contributed by atoms with Gasteiger partial charge in [-0.25, -0.2) is 0 Å². The first-order valence-electron chi connectivity index (χ1n) is 4.64. The Morgan fingerprint density at radius 1 is 1.71 bits per heavy atom. The largest absolute Gasteiger partial charge is 0.465 e. The number of allylic oxidation sites excluding steroid dienone is 2. The van der Waals surface area contributed by atoms with Gasteiger partial charge in [0.05, 0.1) is 10.2 Å². The second kappa shape index (κ2) is 4.91. The molecule has 0 aromatic heterocycles. The zero-order chi connectivity index (χ0) is 10.7. The Kier molecular flexibility index (Phi) is 4.10. The Morgan fingerprint density at radius 2 is 2.36 bits per heavy atom. The van der Waals surface area contributed by atoms with Gasteiger partial charge in [0.1, 0.15) is 5.92 Å². The van der Waals surface area contributed by atoms with Crippen molar-refractivity contribution >= 4 is 34.3 Å². The minimum Gasteiger partial charge on any atom is -0.465 e. The normalized spacial score (nSPS) is 27.1. The molecule has 3 nitrogen and oxygen atoms in total. The Labute approximate surface area is 97.0 Å². The maximum Gasteiger partial charge on any atom is 0.317 e. The molecule has 0 spiro atoms. The lowest BCUT2D eigenvalue weighted by molar-refractivity contribution is -0.152. The molecule has 0 unspecified atom stereocenters. The van der Waals surface area contributed by atoms with Gasteiger partial charge in [-0.2, -0.15) is 0 Å². The van der Waals surface area contributed by atoms with E-state index in [1.54, 1.807) is 6.92 Å². The van der Waals surface area contributed by atoms with Crippen molar-refractivity contribution in [2.45, 2.75) is 20.3 Å². The van der Waals surface area contributed by atoms with Crippen LogP contribution in [0.2, 0.25) is 0 Å². The monoisotopic (exact) mass is 308 g/mol. The smallest absolute Gasteiger partial charge is 0.317 e. The maximum atomic E-state index is 11.7. The molecule has 0 aromatic carbocycles. The summed E-state index contributed by atoms with van der Waals surface area (Å²) in [6.07, 6.45) is 2.65. The maximum absolute atomic E-state index is 11.7. The molecule has 1 rings (SSSR count). The van der Waals surface area contributed by atoms with Gasteiger partial charge in [-0.1, -0.05) is 13.0 Å². The van der Waals surface area contributed by atoms with Gasteiger partial charge in [-0.3, -0.25) is 9.59 Å². The van der Waals surface area contributed by atoms with E-state index in [9.17, 15) is 9.59 Å². The van der Waals surface area contributed by atoms with Gasteiger partial charge in [0, 0.05) is 0 Å². The van der Waals surface area contributed by atoms with E-state index in [-0.39, 0.29) is 17.7 Å². The number of halogens is 1. The highest BCUT2D eigenvalue weighted by atomic mass is 127. The van der Waals surface area contributed by atoms with E-state index in [0.717, 1.165) is 6.42 Å². The number of hydrogen-bond donors (Lipinski definition) is 0. The van der Waals surface area contributed by atoms with Gasteiger partial charge in [0.25, 0.3) is 0 Å². The first kappa shape index (κ1) is 11.7. The van der Waals surface area contributed by atoms with Crippen molar-refractivity contribution in [2.75, 3.05) is 6.61 Å². The highest BCUT2D eigenvalue weighted by Crippen LogP contribution is 2.30. The summed E-state index contributed by atoms with van der Waals surface area (Å²) in [5, 5.41) is 0. The van der Waals surface area contributed by atoms with Crippen LogP contribution in [0.25, 0.3) is 0 Å². The molecule has 0 fully saturated rings. The van der Waals surface area contributed by atoms with Crippen LogP contribution in [0.1, 0.15) is 20.3 Å². The van der Waals surface area contributed by atoms with Gasteiger partial charge >= 0.3 is 5.97 Å². The van der Waals surface area contributed by atoms with E-state index in [1.807, 2.05) is 35.6 Å². The van der Waals surface area contributed by atoms with Crippen LogP contribution in [-0.4, -0.2) is 18.4 Å². The van der Waals surface area contributed by atoms with Crippen LogP contribution >= 0.6 is 22.6 Å². The molecule has 78 valence electrons. The summed E-state index contributed by atoms with van der Waals surface area (Å²) in [5.74, 6) is -1.01. The standard InChI is InChI=1S/C10H13IO3/c1-3-14-10(13)8-6(2)4-5-7(11)9(8)12/h5-6,8H,3-4H2,1-2H3/t6-,8-/m0/s1. The van der Waals surface area contributed by atoms with Gasteiger partial charge in [-0.05, 0) is 41.9 Å². The number of ether oxygens (including phenoxy) is 1.